The van der Waals surface area contributed by atoms with Crippen molar-refractivity contribution >= 4 is 11.7 Å². The molecule has 0 amide bonds. The molecule has 2 aromatic carbocycles. The van der Waals surface area contributed by atoms with Crippen LogP contribution in [0.25, 0.3) is 0 Å². The summed E-state index contributed by atoms with van der Waals surface area (Å²) in [4.78, 5) is 11.0. The van der Waals surface area contributed by atoms with E-state index in [0.717, 1.165) is 0 Å². The maximum Gasteiger partial charge on any atom is 0.310 e. The van der Waals surface area contributed by atoms with Crippen LogP contribution in [0.2, 0.25) is 0 Å². The van der Waals surface area contributed by atoms with Crippen molar-refractivity contribution in [1.82, 2.24) is 0 Å². The summed E-state index contributed by atoms with van der Waals surface area (Å²) < 4.78 is 5.66. The molecule has 0 fully saturated rings. The van der Waals surface area contributed by atoms with Gasteiger partial charge in [-0.15, -0.1) is 0 Å². The summed E-state index contributed by atoms with van der Waals surface area (Å²) in [5.41, 5.74) is 6.81. The maximum atomic E-state index is 11.0. The Labute approximate surface area is 111 Å². The third-order valence-corrected chi connectivity index (χ3v) is 2.87. The van der Waals surface area contributed by atoms with Crippen molar-refractivity contribution in [3.63, 3.8) is 0 Å². The number of rotatable bonds is 4. The Morgan fingerprint density at radius 2 is 1.84 bits per heavy atom. The van der Waals surface area contributed by atoms with Crippen molar-refractivity contribution in [2.45, 2.75) is 12.8 Å². The van der Waals surface area contributed by atoms with E-state index in [1.165, 1.54) is 0 Å². The molecular weight excluding hydrogens is 242 g/mol. The SMILES string of the molecule is CC(C(=O)O)c1cc(Oc2ccccc2)ccc1N. The van der Waals surface area contributed by atoms with Gasteiger partial charge in [0, 0.05) is 5.69 Å². The molecule has 98 valence electrons. The fraction of sp³-hybridized carbons (Fsp3) is 0.133. The monoisotopic (exact) mass is 257 g/mol. The fourth-order valence-electron chi connectivity index (χ4n) is 1.75. The van der Waals surface area contributed by atoms with E-state index in [9.17, 15) is 4.79 Å². The summed E-state index contributed by atoms with van der Waals surface area (Å²) in [6.45, 7) is 1.60. The molecule has 0 bridgehead atoms. The van der Waals surface area contributed by atoms with E-state index < -0.39 is 11.9 Å². The predicted octanol–water partition coefficient (Wildman–Crippen LogP) is 3.25. The van der Waals surface area contributed by atoms with Crippen LogP contribution in [0.4, 0.5) is 5.69 Å². The number of hydrogen-bond acceptors (Lipinski definition) is 3. The topological polar surface area (TPSA) is 72.5 Å². The molecule has 0 radical (unpaired) electrons. The van der Waals surface area contributed by atoms with Gasteiger partial charge in [-0.1, -0.05) is 18.2 Å². The molecule has 0 aliphatic heterocycles. The van der Waals surface area contributed by atoms with Crippen LogP contribution < -0.4 is 10.5 Å². The Kier molecular flexibility index (Phi) is 3.71. The fourth-order valence-corrected chi connectivity index (χ4v) is 1.75. The number of carboxylic acid groups (broad SMARTS) is 1. The van der Waals surface area contributed by atoms with Crippen molar-refractivity contribution in [3.05, 3.63) is 54.1 Å². The molecule has 4 heteroatoms. The normalized spacial score (nSPS) is 11.8. The molecule has 3 N–H and O–H groups in total. The van der Waals surface area contributed by atoms with Gasteiger partial charge in [0.2, 0.25) is 0 Å². The number of nitrogens with two attached hydrogens (primary N) is 1. The number of benzene rings is 2. The zero-order valence-electron chi connectivity index (χ0n) is 10.5. The highest BCUT2D eigenvalue weighted by Gasteiger charge is 2.17. The van der Waals surface area contributed by atoms with Gasteiger partial charge in [0.15, 0.2) is 0 Å². The van der Waals surface area contributed by atoms with Crippen LogP contribution in [-0.2, 0) is 4.79 Å². The Morgan fingerprint density at radius 1 is 1.16 bits per heavy atom. The van der Waals surface area contributed by atoms with Crippen molar-refractivity contribution < 1.29 is 14.6 Å². The predicted molar refractivity (Wildman–Crippen MR) is 73.4 cm³/mol. The van der Waals surface area contributed by atoms with Crippen molar-refractivity contribution in [2.75, 3.05) is 5.73 Å². The third kappa shape index (κ3) is 3.04. The van der Waals surface area contributed by atoms with Gasteiger partial charge in [-0.25, -0.2) is 0 Å². The molecule has 2 aromatic rings. The van der Waals surface area contributed by atoms with Crippen LogP contribution in [0, 0.1) is 0 Å². The minimum Gasteiger partial charge on any atom is -0.481 e. The smallest absolute Gasteiger partial charge is 0.310 e. The second kappa shape index (κ2) is 5.44. The van der Waals surface area contributed by atoms with Gasteiger partial charge in [-0.2, -0.15) is 0 Å². The highest BCUT2D eigenvalue weighted by atomic mass is 16.5. The largest absolute Gasteiger partial charge is 0.481 e. The zero-order chi connectivity index (χ0) is 13.8. The first-order valence-electron chi connectivity index (χ1n) is 5.93. The van der Waals surface area contributed by atoms with Crippen molar-refractivity contribution in [1.29, 1.82) is 0 Å². The van der Waals surface area contributed by atoms with E-state index >= 15 is 0 Å². The summed E-state index contributed by atoms with van der Waals surface area (Å²) in [6.07, 6.45) is 0. The van der Waals surface area contributed by atoms with Crippen LogP contribution in [0.15, 0.2) is 48.5 Å². The molecule has 0 saturated carbocycles. The third-order valence-electron chi connectivity index (χ3n) is 2.87. The van der Waals surface area contributed by atoms with E-state index in [0.29, 0.717) is 22.7 Å². The van der Waals surface area contributed by atoms with Crippen LogP contribution in [0.1, 0.15) is 18.4 Å². The lowest BCUT2D eigenvalue weighted by Crippen LogP contribution is -2.09. The Balaban J connectivity index is 2.28. The van der Waals surface area contributed by atoms with Gasteiger partial charge in [0.05, 0.1) is 5.92 Å². The molecule has 4 nitrogen and oxygen atoms in total. The minimum atomic E-state index is -0.913. The lowest BCUT2D eigenvalue weighted by molar-refractivity contribution is -0.138. The van der Waals surface area contributed by atoms with Gasteiger partial charge in [-0.05, 0) is 42.8 Å². The lowest BCUT2D eigenvalue weighted by Gasteiger charge is -2.12. The van der Waals surface area contributed by atoms with E-state index in [4.69, 9.17) is 15.6 Å². The van der Waals surface area contributed by atoms with Gasteiger partial charge >= 0.3 is 5.97 Å². The summed E-state index contributed by atoms with van der Waals surface area (Å²) in [6, 6.07) is 14.3. The molecule has 0 aliphatic carbocycles. The van der Waals surface area contributed by atoms with E-state index in [1.807, 2.05) is 30.3 Å². The lowest BCUT2D eigenvalue weighted by atomic mass is 9.99. The molecule has 0 saturated heterocycles. The molecule has 2 rings (SSSR count). The standard InChI is InChI=1S/C15H15NO3/c1-10(15(17)18)13-9-12(7-8-14(13)16)19-11-5-3-2-4-6-11/h2-10H,16H2,1H3,(H,17,18). The van der Waals surface area contributed by atoms with E-state index in [2.05, 4.69) is 0 Å². The molecule has 0 aromatic heterocycles. The number of carboxylic acids is 1. The van der Waals surface area contributed by atoms with Crippen molar-refractivity contribution in [3.8, 4) is 11.5 Å². The zero-order valence-corrected chi connectivity index (χ0v) is 10.5. The van der Waals surface area contributed by atoms with Gasteiger partial charge < -0.3 is 15.6 Å². The summed E-state index contributed by atoms with van der Waals surface area (Å²) in [7, 11) is 0. The molecule has 1 unspecified atom stereocenters. The summed E-state index contributed by atoms with van der Waals surface area (Å²) >= 11 is 0. The van der Waals surface area contributed by atoms with Crippen LogP contribution >= 0.6 is 0 Å². The summed E-state index contributed by atoms with van der Waals surface area (Å²) in [5, 5.41) is 9.04. The average Bonchev–Trinajstić information content (AvgIpc) is 2.41. The second-order valence-corrected chi connectivity index (χ2v) is 4.27. The quantitative estimate of drug-likeness (QED) is 0.825. The van der Waals surface area contributed by atoms with E-state index in [1.54, 1.807) is 25.1 Å². The number of para-hydroxylation sites is 1. The number of anilines is 1. The Hall–Kier alpha value is -2.49. The molecule has 0 spiro atoms. The number of aliphatic carboxylic acids is 1. The maximum absolute atomic E-state index is 11.0. The first kappa shape index (κ1) is 13.0. The molecule has 0 aliphatic rings. The van der Waals surface area contributed by atoms with Crippen LogP contribution in [0.3, 0.4) is 0 Å². The number of hydrogen-bond donors (Lipinski definition) is 2. The van der Waals surface area contributed by atoms with Gasteiger partial charge in [-0.3, -0.25) is 4.79 Å². The number of carbonyl (C=O) groups is 1. The minimum absolute atomic E-state index is 0.454. The highest BCUT2D eigenvalue weighted by Crippen LogP contribution is 2.29. The first-order chi connectivity index (χ1) is 9.08. The first-order valence-corrected chi connectivity index (χ1v) is 5.93. The highest BCUT2D eigenvalue weighted by molar-refractivity contribution is 5.78. The number of ether oxygens (including phenoxy) is 1. The molecule has 0 heterocycles. The Morgan fingerprint density at radius 3 is 2.47 bits per heavy atom. The Bertz CT molecular complexity index is 581. The average molecular weight is 257 g/mol. The number of nitrogen functional groups attached to an aromatic ring is 1. The summed E-state index contributed by atoms with van der Waals surface area (Å²) in [5.74, 6) is -0.312. The van der Waals surface area contributed by atoms with E-state index in [-0.39, 0.29) is 0 Å². The second-order valence-electron chi connectivity index (χ2n) is 4.27. The molecule has 19 heavy (non-hydrogen) atoms. The van der Waals surface area contributed by atoms with Gasteiger partial charge in [0.1, 0.15) is 11.5 Å². The van der Waals surface area contributed by atoms with Crippen LogP contribution in [-0.4, -0.2) is 11.1 Å². The molecule has 1 atom stereocenters. The van der Waals surface area contributed by atoms with Crippen molar-refractivity contribution in [2.24, 2.45) is 0 Å². The van der Waals surface area contributed by atoms with Crippen LogP contribution in [0.5, 0.6) is 11.5 Å². The molecular formula is C15H15NO3. The van der Waals surface area contributed by atoms with Gasteiger partial charge in [0.25, 0.3) is 0 Å².